The highest BCUT2D eigenvalue weighted by atomic mass is 16.5. The highest BCUT2D eigenvalue weighted by molar-refractivity contribution is 5.88. The molecule has 0 atom stereocenters. The van der Waals surface area contributed by atoms with Crippen LogP contribution in [-0.4, -0.2) is 30.7 Å². The first-order valence-corrected chi connectivity index (χ1v) is 7.36. The van der Waals surface area contributed by atoms with Crippen molar-refractivity contribution in [1.29, 1.82) is 0 Å². The molecule has 0 spiro atoms. The Balaban J connectivity index is 1.89. The molecule has 0 fully saturated rings. The first kappa shape index (κ1) is 17.3. The van der Waals surface area contributed by atoms with E-state index in [-0.39, 0.29) is 23.8 Å². The molecule has 0 unspecified atom stereocenters. The summed E-state index contributed by atoms with van der Waals surface area (Å²) in [6.45, 7) is 2.23. The molecule has 0 aliphatic rings. The number of hydrogen-bond donors (Lipinski definition) is 2. The normalized spacial score (nSPS) is 10.1. The number of benzene rings is 2. The minimum Gasteiger partial charge on any atom is -0.493 e. The summed E-state index contributed by atoms with van der Waals surface area (Å²) in [6, 6.07) is 12.1. The van der Waals surface area contributed by atoms with Crippen molar-refractivity contribution in [3.05, 3.63) is 59.2 Å². The van der Waals surface area contributed by atoms with Gasteiger partial charge in [0.2, 0.25) is 0 Å². The Kier molecular flexibility index (Phi) is 5.78. The van der Waals surface area contributed by atoms with Crippen molar-refractivity contribution in [3.63, 3.8) is 0 Å². The number of nitrogens with one attached hydrogen (secondary N) is 1. The first-order chi connectivity index (χ1) is 11.5. The Labute approximate surface area is 140 Å². The van der Waals surface area contributed by atoms with Crippen LogP contribution in [-0.2, 0) is 11.3 Å². The van der Waals surface area contributed by atoms with Crippen LogP contribution in [0.2, 0.25) is 0 Å². The van der Waals surface area contributed by atoms with E-state index in [0.29, 0.717) is 12.3 Å². The number of carboxylic acid groups (broad SMARTS) is 1. The van der Waals surface area contributed by atoms with Crippen LogP contribution in [0.1, 0.15) is 21.5 Å². The van der Waals surface area contributed by atoms with Crippen LogP contribution in [0, 0.1) is 6.92 Å². The maximum atomic E-state index is 11.9. The molecule has 0 saturated carbocycles. The van der Waals surface area contributed by atoms with Crippen molar-refractivity contribution in [2.24, 2.45) is 0 Å². The summed E-state index contributed by atoms with van der Waals surface area (Å²) in [5, 5.41) is 11.7. The van der Waals surface area contributed by atoms with E-state index in [0.717, 1.165) is 11.1 Å². The molecular weight excluding hydrogens is 310 g/mol. The minimum absolute atomic E-state index is 0.0861. The predicted molar refractivity (Wildman–Crippen MR) is 88.5 cm³/mol. The van der Waals surface area contributed by atoms with E-state index in [4.69, 9.17) is 14.6 Å². The number of carbonyl (C=O) groups excluding carboxylic acids is 1. The van der Waals surface area contributed by atoms with Crippen LogP contribution in [0.25, 0.3) is 0 Å². The van der Waals surface area contributed by atoms with E-state index in [1.165, 1.54) is 25.3 Å². The van der Waals surface area contributed by atoms with Gasteiger partial charge in [0.05, 0.1) is 12.7 Å². The van der Waals surface area contributed by atoms with Gasteiger partial charge >= 0.3 is 5.97 Å². The van der Waals surface area contributed by atoms with Crippen LogP contribution in [0.5, 0.6) is 11.5 Å². The zero-order chi connectivity index (χ0) is 17.5. The van der Waals surface area contributed by atoms with Gasteiger partial charge < -0.3 is 19.9 Å². The van der Waals surface area contributed by atoms with E-state index in [1.54, 1.807) is 0 Å². The summed E-state index contributed by atoms with van der Waals surface area (Å²) < 4.78 is 10.5. The molecule has 2 aromatic rings. The molecule has 126 valence electrons. The molecule has 0 saturated heterocycles. The summed E-state index contributed by atoms with van der Waals surface area (Å²) in [4.78, 5) is 22.8. The van der Waals surface area contributed by atoms with Crippen LogP contribution < -0.4 is 14.8 Å². The standard InChI is InChI=1S/C18H19NO5/c1-12-3-5-13(6-4-12)10-19-17(20)11-24-15-8-7-14(18(21)22)9-16(15)23-2/h3-9H,10-11H2,1-2H3,(H,19,20)(H,21,22). The molecule has 0 aromatic heterocycles. The molecule has 6 heteroatoms. The van der Waals surface area contributed by atoms with E-state index >= 15 is 0 Å². The largest absolute Gasteiger partial charge is 0.493 e. The number of aromatic carboxylic acids is 1. The van der Waals surface area contributed by atoms with Crippen LogP contribution in [0.15, 0.2) is 42.5 Å². The highest BCUT2D eigenvalue weighted by Gasteiger charge is 2.11. The van der Waals surface area contributed by atoms with Gasteiger partial charge in [-0.05, 0) is 30.7 Å². The van der Waals surface area contributed by atoms with Gasteiger partial charge in [-0.2, -0.15) is 0 Å². The second-order valence-electron chi connectivity index (χ2n) is 5.22. The van der Waals surface area contributed by atoms with Crippen LogP contribution in [0.4, 0.5) is 0 Å². The fraction of sp³-hybridized carbons (Fsp3) is 0.222. The molecule has 2 N–H and O–H groups in total. The van der Waals surface area contributed by atoms with Gasteiger partial charge in [0.15, 0.2) is 18.1 Å². The van der Waals surface area contributed by atoms with Crippen LogP contribution >= 0.6 is 0 Å². The molecule has 2 aromatic carbocycles. The zero-order valence-electron chi connectivity index (χ0n) is 13.5. The summed E-state index contributed by atoms with van der Waals surface area (Å²) in [5.41, 5.74) is 2.24. The van der Waals surface area contributed by atoms with Gasteiger partial charge in [0.25, 0.3) is 5.91 Å². The Bertz CT molecular complexity index is 725. The maximum Gasteiger partial charge on any atom is 0.335 e. The van der Waals surface area contributed by atoms with Gasteiger partial charge in [0, 0.05) is 6.54 Å². The van der Waals surface area contributed by atoms with Gasteiger partial charge in [-0.3, -0.25) is 4.79 Å². The van der Waals surface area contributed by atoms with Crippen molar-refractivity contribution in [3.8, 4) is 11.5 Å². The molecule has 24 heavy (non-hydrogen) atoms. The average molecular weight is 329 g/mol. The quantitative estimate of drug-likeness (QED) is 0.815. The molecule has 1 amide bonds. The third kappa shape index (κ3) is 4.74. The van der Waals surface area contributed by atoms with Crippen molar-refractivity contribution in [2.75, 3.05) is 13.7 Å². The number of hydrogen-bond acceptors (Lipinski definition) is 4. The number of ether oxygens (including phenoxy) is 2. The summed E-state index contributed by atoms with van der Waals surface area (Å²) >= 11 is 0. The first-order valence-electron chi connectivity index (χ1n) is 7.36. The number of rotatable bonds is 7. The summed E-state index contributed by atoms with van der Waals surface area (Å²) in [7, 11) is 1.41. The molecule has 0 aliphatic heterocycles. The van der Waals surface area contributed by atoms with E-state index in [9.17, 15) is 9.59 Å². The van der Waals surface area contributed by atoms with Crippen molar-refractivity contribution in [2.45, 2.75) is 13.5 Å². The Hall–Kier alpha value is -3.02. The Morgan fingerprint density at radius 2 is 1.79 bits per heavy atom. The number of aryl methyl sites for hydroxylation is 1. The third-order valence-corrected chi connectivity index (χ3v) is 3.38. The zero-order valence-corrected chi connectivity index (χ0v) is 13.5. The van der Waals surface area contributed by atoms with Crippen molar-refractivity contribution >= 4 is 11.9 Å². The number of amides is 1. The van der Waals surface area contributed by atoms with Crippen molar-refractivity contribution < 1.29 is 24.2 Å². The molecular formula is C18H19NO5. The number of carbonyl (C=O) groups is 2. The second-order valence-corrected chi connectivity index (χ2v) is 5.22. The van der Waals surface area contributed by atoms with Crippen molar-refractivity contribution in [1.82, 2.24) is 5.32 Å². The SMILES string of the molecule is COc1cc(C(=O)O)ccc1OCC(=O)NCc1ccc(C)cc1. The van der Waals surface area contributed by atoms with Gasteiger partial charge in [-0.1, -0.05) is 29.8 Å². The molecule has 0 radical (unpaired) electrons. The number of methoxy groups -OCH3 is 1. The second kappa shape index (κ2) is 8.01. The van der Waals surface area contributed by atoms with Gasteiger partial charge in [0.1, 0.15) is 0 Å². The fourth-order valence-corrected chi connectivity index (χ4v) is 2.02. The van der Waals surface area contributed by atoms with E-state index in [2.05, 4.69) is 5.32 Å². The lowest BCUT2D eigenvalue weighted by Gasteiger charge is -2.11. The minimum atomic E-state index is -1.06. The monoisotopic (exact) mass is 329 g/mol. The molecule has 0 heterocycles. The fourth-order valence-electron chi connectivity index (χ4n) is 2.02. The lowest BCUT2D eigenvalue weighted by molar-refractivity contribution is -0.123. The molecule has 6 nitrogen and oxygen atoms in total. The highest BCUT2D eigenvalue weighted by Crippen LogP contribution is 2.27. The molecule has 0 aliphatic carbocycles. The number of carboxylic acids is 1. The lowest BCUT2D eigenvalue weighted by atomic mass is 10.1. The summed E-state index contributed by atoms with van der Waals surface area (Å²) in [6.07, 6.45) is 0. The molecule has 2 rings (SSSR count). The molecule has 0 bridgehead atoms. The average Bonchev–Trinajstić information content (AvgIpc) is 2.59. The topological polar surface area (TPSA) is 84.9 Å². The third-order valence-electron chi connectivity index (χ3n) is 3.38. The smallest absolute Gasteiger partial charge is 0.335 e. The maximum absolute atomic E-state index is 11.9. The van der Waals surface area contributed by atoms with Gasteiger partial charge in [-0.25, -0.2) is 4.79 Å². The predicted octanol–water partition coefficient (Wildman–Crippen LogP) is 2.40. The van der Waals surface area contributed by atoms with Gasteiger partial charge in [-0.15, -0.1) is 0 Å². The van der Waals surface area contributed by atoms with E-state index in [1.807, 2.05) is 31.2 Å². The summed E-state index contributed by atoms with van der Waals surface area (Å²) in [5.74, 6) is -0.759. The van der Waals surface area contributed by atoms with Crippen LogP contribution in [0.3, 0.4) is 0 Å². The Morgan fingerprint density at radius 3 is 2.42 bits per heavy atom. The lowest BCUT2D eigenvalue weighted by Crippen LogP contribution is -2.28. The van der Waals surface area contributed by atoms with E-state index < -0.39 is 5.97 Å². The Morgan fingerprint density at radius 1 is 1.08 bits per heavy atom.